The summed E-state index contributed by atoms with van der Waals surface area (Å²) >= 11 is 0. The standard InChI is InChI=1S/C11H26N2O4S/c1-11(10-12-2)18(14,15)13(7-9-17-4)6-5-8-16-3/h11-12H,5-10H2,1-4H3. The van der Waals surface area contributed by atoms with Crippen molar-refractivity contribution >= 4 is 10.0 Å². The van der Waals surface area contributed by atoms with E-state index in [1.807, 2.05) is 0 Å². The van der Waals surface area contributed by atoms with Gasteiger partial charge in [0.15, 0.2) is 0 Å². The van der Waals surface area contributed by atoms with E-state index in [0.29, 0.717) is 39.3 Å². The van der Waals surface area contributed by atoms with E-state index in [0.717, 1.165) is 0 Å². The number of sulfonamides is 1. The summed E-state index contributed by atoms with van der Waals surface area (Å²) in [5, 5.41) is 2.45. The van der Waals surface area contributed by atoms with E-state index in [1.165, 1.54) is 4.31 Å². The third-order valence-electron chi connectivity index (χ3n) is 2.66. The summed E-state index contributed by atoms with van der Waals surface area (Å²) in [5.41, 5.74) is 0. The monoisotopic (exact) mass is 282 g/mol. The number of nitrogens with zero attached hydrogens (tertiary/aromatic N) is 1. The lowest BCUT2D eigenvalue weighted by Crippen LogP contribution is -2.43. The van der Waals surface area contributed by atoms with Crippen molar-refractivity contribution in [2.24, 2.45) is 0 Å². The third-order valence-corrected chi connectivity index (χ3v) is 4.93. The highest BCUT2D eigenvalue weighted by molar-refractivity contribution is 7.89. The van der Waals surface area contributed by atoms with E-state index in [9.17, 15) is 8.42 Å². The number of hydrogen-bond acceptors (Lipinski definition) is 5. The molecule has 7 heteroatoms. The van der Waals surface area contributed by atoms with Crippen LogP contribution in [-0.2, 0) is 19.5 Å². The van der Waals surface area contributed by atoms with Crippen molar-refractivity contribution in [3.05, 3.63) is 0 Å². The van der Waals surface area contributed by atoms with Crippen molar-refractivity contribution in [1.29, 1.82) is 0 Å². The molecule has 0 saturated heterocycles. The second kappa shape index (κ2) is 9.69. The highest BCUT2D eigenvalue weighted by atomic mass is 32.2. The fourth-order valence-corrected chi connectivity index (χ4v) is 3.19. The van der Waals surface area contributed by atoms with E-state index >= 15 is 0 Å². The molecule has 0 aliphatic rings. The lowest BCUT2D eigenvalue weighted by Gasteiger charge is -2.25. The summed E-state index contributed by atoms with van der Waals surface area (Å²) in [6.45, 7) is 3.96. The Balaban J connectivity index is 4.59. The summed E-state index contributed by atoms with van der Waals surface area (Å²) < 4.78 is 36.0. The number of nitrogens with one attached hydrogen (secondary N) is 1. The van der Waals surface area contributed by atoms with Gasteiger partial charge in [0.2, 0.25) is 10.0 Å². The van der Waals surface area contributed by atoms with Crippen LogP contribution in [0.4, 0.5) is 0 Å². The Hall–Kier alpha value is -0.210. The molecule has 0 saturated carbocycles. The molecule has 110 valence electrons. The van der Waals surface area contributed by atoms with Crippen LogP contribution in [0.5, 0.6) is 0 Å². The average molecular weight is 282 g/mol. The van der Waals surface area contributed by atoms with Gasteiger partial charge in [-0.3, -0.25) is 0 Å². The minimum Gasteiger partial charge on any atom is -0.385 e. The molecule has 1 N–H and O–H groups in total. The second-order valence-electron chi connectivity index (χ2n) is 4.15. The first-order chi connectivity index (χ1) is 8.50. The van der Waals surface area contributed by atoms with Gasteiger partial charge in [-0.1, -0.05) is 0 Å². The van der Waals surface area contributed by atoms with E-state index in [4.69, 9.17) is 9.47 Å². The molecule has 0 amide bonds. The maximum absolute atomic E-state index is 12.3. The van der Waals surface area contributed by atoms with Crippen LogP contribution in [-0.4, -0.2) is 72.1 Å². The van der Waals surface area contributed by atoms with Gasteiger partial charge in [-0.05, 0) is 20.4 Å². The molecule has 6 nitrogen and oxygen atoms in total. The molecule has 0 aliphatic heterocycles. The van der Waals surface area contributed by atoms with Crippen LogP contribution in [0.1, 0.15) is 13.3 Å². The molecular formula is C11H26N2O4S. The zero-order chi connectivity index (χ0) is 14.0. The summed E-state index contributed by atoms with van der Waals surface area (Å²) in [4.78, 5) is 0. The molecule has 0 rings (SSSR count). The molecule has 1 unspecified atom stereocenters. The van der Waals surface area contributed by atoms with E-state index in [1.54, 1.807) is 28.2 Å². The van der Waals surface area contributed by atoms with Crippen LogP contribution in [0.3, 0.4) is 0 Å². The molecule has 1 atom stereocenters. The Kier molecular flexibility index (Phi) is 9.57. The summed E-state index contributed by atoms with van der Waals surface area (Å²) in [6.07, 6.45) is 0.686. The van der Waals surface area contributed by atoms with Crippen molar-refractivity contribution in [2.45, 2.75) is 18.6 Å². The Labute approximate surface area is 111 Å². The molecule has 0 aromatic rings. The molecule has 0 fully saturated rings. The highest BCUT2D eigenvalue weighted by Crippen LogP contribution is 2.09. The Morgan fingerprint density at radius 2 is 1.78 bits per heavy atom. The van der Waals surface area contributed by atoms with Crippen LogP contribution in [0.15, 0.2) is 0 Å². The van der Waals surface area contributed by atoms with E-state index in [2.05, 4.69) is 5.32 Å². The fourth-order valence-electron chi connectivity index (χ4n) is 1.59. The predicted molar refractivity (Wildman–Crippen MR) is 72.3 cm³/mol. The molecule has 0 heterocycles. The highest BCUT2D eigenvalue weighted by Gasteiger charge is 2.27. The third kappa shape index (κ3) is 6.10. The number of hydrogen-bond donors (Lipinski definition) is 1. The Morgan fingerprint density at radius 3 is 2.28 bits per heavy atom. The van der Waals surface area contributed by atoms with Gasteiger partial charge in [0.1, 0.15) is 0 Å². The van der Waals surface area contributed by atoms with Gasteiger partial charge < -0.3 is 14.8 Å². The topological polar surface area (TPSA) is 67.9 Å². The van der Waals surface area contributed by atoms with Crippen molar-refractivity contribution in [2.75, 3.05) is 54.1 Å². The van der Waals surface area contributed by atoms with Crippen LogP contribution in [0.25, 0.3) is 0 Å². The Morgan fingerprint density at radius 1 is 1.17 bits per heavy atom. The minimum absolute atomic E-state index is 0.386. The number of methoxy groups -OCH3 is 2. The molecule has 0 bridgehead atoms. The van der Waals surface area contributed by atoms with E-state index < -0.39 is 15.3 Å². The molecular weight excluding hydrogens is 256 g/mol. The summed E-state index contributed by atoms with van der Waals surface area (Å²) in [7, 11) is 1.64. The van der Waals surface area contributed by atoms with Gasteiger partial charge in [-0.2, -0.15) is 4.31 Å². The lowest BCUT2D eigenvalue weighted by molar-refractivity contribution is 0.164. The van der Waals surface area contributed by atoms with Crippen LogP contribution >= 0.6 is 0 Å². The lowest BCUT2D eigenvalue weighted by atomic mass is 10.4. The minimum atomic E-state index is -3.28. The molecule has 0 aromatic heterocycles. The zero-order valence-corrected chi connectivity index (χ0v) is 12.6. The maximum Gasteiger partial charge on any atom is 0.218 e. The van der Waals surface area contributed by atoms with Crippen molar-refractivity contribution in [1.82, 2.24) is 9.62 Å². The van der Waals surface area contributed by atoms with Gasteiger partial charge in [-0.25, -0.2) is 8.42 Å². The van der Waals surface area contributed by atoms with Gasteiger partial charge in [-0.15, -0.1) is 0 Å². The first kappa shape index (κ1) is 17.8. The SMILES string of the molecule is CNCC(C)S(=O)(=O)N(CCCOC)CCOC. The fraction of sp³-hybridized carbons (Fsp3) is 1.00. The molecule has 0 spiro atoms. The van der Waals surface area contributed by atoms with Crippen LogP contribution in [0.2, 0.25) is 0 Å². The molecule has 0 aromatic carbocycles. The largest absolute Gasteiger partial charge is 0.385 e. The quantitative estimate of drug-likeness (QED) is 0.536. The first-order valence-corrected chi connectivity index (χ1v) is 7.62. The zero-order valence-electron chi connectivity index (χ0n) is 11.8. The van der Waals surface area contributed by atoms with Gasteiger partial charge >= 0.3 is 0 Å². The molecule has 18 heavy (non-hydrogen) atoms. The molecule has 0 radical (unpaired) electrons. The number of rotatable bonds is 11. The number of ether oxygens (including phenoxy) is 2. The normalized spacial score (nSPS) is 14.1. The van der Waals surface area contributed by atoms with Crippen LogP contribution in [0, 0.1) is 0 Å². The predicted octanol–water partition coefficient (Wildman–Crippen LogP) is -0.0910. The van der Waals surface area contributed by atoms with Gasteiger partial charge in [0, 0.05) is 40.5 Å². The van der Waals surface area contributed by atoms with Gasteiger partial charge in [0.25, 0.3) is 0 Å². The van der Waals surface area contributed by atoms with Gasteiger partial charge in [0.05, 0.1) is 11.9 Å². The average Bonchev–Trinajstić information content (AvgIpc) is 2.33. The smallest absolute Gasteiger partial charge is 0.218 e. The Bertz CT molecular complexity index is 295. The maximum atomic E-state index is 12.3. The second-order valence-corrected chi connectivity index (χ2v) is 6.50. The van der Waals surface area contributed by atoms with E-state index in [-0.39, 0.29) is 0 Å². The van der Waals surface area contributed by atoms with Crippen LogP contribution < -0.4 is 5.32 Å². The van der Waals surface area contributed by atoms with Crippen molar-refractivity contribution in [3.63, 3.8) is 0 Å². The first-order valence-electron chi connectivity index (χ1n) is 6.12. The van der Waals surface area contributed by atoms with Crippen molar-refractivity contribution < 1.29 is 17.9 Å². The summed E-state index contributed by atoms with van der Waals surface area (Å²) in [6, 6.07) is 0. The summed E-state index contributed by atoms with van der Waals surface area (Å²) in [5.74, 6) is 0. The molecule has 0 aliphatic carbocycles. The van der Waals surface area contributed by atoms with Crippen molar-refractivity contribution in [3.8, 4) is 0 Å².